The molecule has 0 bridgehead atoms. The van der Waals surface area contributed by atoms with E-state index in [0.29, 0.717) is 19.4 Å². The predicted molar refractivity (Wildman–Crippen MR) is 90.4 cm³/mol. The summed E-state index contributed by atoms with van der Waals surface area (Å²) in [6, 6.07) is 2.09. The predicted octanol–water partition coefficient (Wildman–Crippen LogP) is 1.72. The first-order chi connectivity index (χ1) is 12.3. The molecule has 0 aliphatic carbocycles. The summed E-state index contributed by atoms with van der Waals surface area (Å²) in [5.74, 6) is -0.917. The van der Waals surface area contributed by atoms with Gasteiger partial charge in [0.05, 0.1) is 18.0 Å². The number of halogens is 2. The van der Waals surface area contributed by atoms with Gasteiger partial charge in [0.1, 0.15) is 23.3 Å². The maximum atomic E-state index is 14.6. The Labute approximate surface area is 153 Å². The minimum atomic E-state index is -3.80. The Morgan fingerprint density at radius 1 is 1.35 bits per heavy atom. The molecule has 2 aliphatic heterocycles. The summed E-state index contributed by atoms with van der Waals surface area (Å²) in [7, 11) is -3.80. The van der Waals surface area contributed by atoms with Crippen LogP contribution >= 0.6 is 11.6 Å². The zero-order valence-corrected chi connectivity index (χ0v) is 15.2. The summed E-state index contributed by atoms with van der Waals surface area (Å²) >= 11 is 5.83. The van der Waals surface area contributed by atoms with E-state index in [2.05, 4.69) is 21.0 Å². The van der Waals surface area contributed by atoms with E-state index in [1.54, 1.807) is 4.90 Å². The lowest BCUT2D eigenvalue weighted by Gasteiger charge is -2.37. The topological polar surface area (TPSA) is 109 Å². The molecular weight excluding hydrogens is 385 g/mol. The monoisotopic (exact) mass is 397 g/mol. The molecule has 26 heavy (non-hydrogen) atoms. The van der Waals surface area contributed by atoms with Crippen molar-refractivity contribution in [3.05, 3.63) is 11.0 Å². The second-order valence-electron chi connectivity index (χ2n) is 6.37. The fraction of sp³-hybridized carbons (Fsp3) is 0.467. The van der Waals surface area contributed by atoms with Gasteiger partial charge in [0.2, 0.25) is 20.9 Å². The van der Waals surface area contributed by atoms with Gasteiger partial charge >= 0.3 is 0 Å². The number of fused-ring (bicyclic) bond motifs is 2. The van der Waals surface area contributed by atoms with Crippen LogP contribution in [0.1, 0.15) is 12.8 Å². The Morgan fingerprint density at radius 2 is 2.12 bits per heavy atom. The fourth-order valence-electron chi connectivity index (χ4n) is 3.30. The van der Waals surface area contributed by atoms with E-state index in [9.17, 15) is 18.1 Å². The van der Waals surface area contributed by atoms with Crippen molar-refractivity contribution in [3.63, 3.8) is 0 Å². The zero-order valence-electron chi connectivity index (χ0n) is 13.6. The summed E-state index contributed by atoms with van der Waals surface area (Å²) in [6.45, 7) is 0.580. The van der Waals surface area contributed by atoms with Crippen LogP contribution in [0.25, 0.3) is 10.9 Å². The number of anilines is 1. The lowest BCUT2D eigenvalue weighted by atomic mass is 9.94. The molecule has 2 aromatic rings. The van der Waals surface area contributed by atoms with Crippen LogP contribution < -0.4 is 9.64 Å². The zero-order chi connectivity index (χ0) is 18.6. The quantitative estimate of drug-likeness (QED) is 0.528. The van der Waals surface area contributed by atoms with E-state index >= 15 is 0 Å². The molecule has 0 radical (unpaired) electrons. The minimum absolute atomic E-state index is 0.0596. The number of hydrogen-bond donors (Lipinski definition) is 0. The molecule has 1 saturated heterocycles. The maximum Gasteiger partial charge on any atom is 0.249 e. The Kier molecular flexibility index (Phi) is 3.89. The van der Waals surface area contributed by atoms with Gasteiger partial charge in [-0.1, -0.05) is 11.6 Å². The molecule has 11 heteroatoms. The molecule has 0 unspecified atom stereocenters. The van der Waals surface area contributed by atoms with Crippen LogP contribution in [0.2, 0.25) is 5.15 Å². The van der Waals surface area contributed by atoms with Gasteiger partial charge in [0, 0.05) is 12.8 Å². The van der Waals surface area contributed by atoms with Crippen LogP contribution in [-0.2, 0) is 9.84 Å². The van der Waals surface area contributed by atoms with E-state index in [-0.39, 0.29) is 41.2 Å². The molecule has 136 valence electrons. The number of sulfone groups is 1. The van der Waals surface area contributed by atoms with E-state index in [1.165, 1.54) is 0 Å². The first kappa shape index (κ1) is 17.2. The average molecular weight is 398 g/mol. The molecule has 8 nitrogen and oxygen atoms in total. The Balaban J connectivity index is 2.06. The third kappa shape index (κ3) is 2.62. The fourth-order valence-corrected chi connectivity index (χ4v) is 3.97. The number of ether oxygens (including phenoxy) is 1. The van der Waals surface area contributed by atoms with Gasteiger partial charge in [-0.2, -0.15) is 10.2 Å². The van der Waals surface area contributed by atoms with Crippen molar-refractivity contribution < 1.29 is 17.5 Å². The molecular formula is C15H13ClFN5O3S. The van der Waals surface area contributed by atoms with Gasteiger partial charge in [-0.05, 0) is 12.8 Å². The van der Waals surface area contributed by atoms with Crippen molar-refractivity contribution in [2.75, 3.05) is 24.3 Å². The Hall–Kier alpha value is -2.25. The number of pyridine rings is 1. The van der Waals surface area contributed by atoms with Gasteiger partial charge in [-0.3, -0.25) is 0 Å². The third-order valence-electron chi connectivity index (χ3n) is 4.58. The lowest BCUT2D eigenvalue weighted by Crippen LogP contribution is -2.46. The average Bonchev–Trinajstić information content (AvgIpc) is 2.76. The van der Waals surface area contributed by atoms with Crippen molar-refractivity contribution in [1.29, 1.82) is 5.26 Å². The van der Waals surface area contributed by atoms with Crippen molar-refractivity contribution in [2.45, 2.75) is 24.0 Å². The molecule has 2 aliphatic rings. The summed E-state index contributed by atoms with van der Waals surface area (Å²) in [5, 5.41) is 8.49. The van der Waals surface area contributed by atoms with Gasteiger partial charge < -0.3 is 9.64 Å². The second-order valence-corrected chi connectivity index (χ2v) is 8.64. The van der Waals surface area contributed by atoms with E-state index < -0.39 is 26.0 Å². The molecule has 0 amide bonds. The summed E-state index contributed by atoms with van der Waals surface area (Å²) in [4.78, 5) is 13.8. The van der Waals surface area contributed by atoms with Crippen molar-refractivity contribution in [2.24, 2.45) is 5.92 Å². The molecule has 0 N–H and O–H groups in total. The smallest absolute Gasteiger partial charge is 0.249 e. The van der Waals surface area contributed by atoms with Crippen molar-refractivity contribution >= 4 is 38.2 Å². The van der Waals surface area contributed by atoms with E-state index in [4.69, 9.17) is 16.3 Å². The molecule has 4 rings (SSSR count). The van der Waals surface area contributed by atoms with Gasteiger partial charge in [0.15, 0.2) is 11.0 Å². The summed E-state index contributed by atoms with van der Waals surface area (Å²) < 4.78 is 44.3. The van der Waals surface area contributed by atoms with Crippen molar-refractivity contribution in [3.8, 4) is 11.9 Å². The highest BCUT2D eigenvalue weighted by atomic mass is 35.5. The molecule has 2 atom stereocenters. The molecule has 4 heterocycles. The first-order valence-electron chi connectivity index (χ1n) is 7.85. The number of hydrogen-bond acceptors (Lipinski definition) is 8. The molecule has 2 aromatic heterocycles. The lowest BCUT2D eigenvalue weighted by molar-refractivity contribution is 0.251. The number of aromatic nitrogens is 3. The molecule has 1 fully saturated rings. The molecule has 0 saturated carbocycles. The van der Waals surface area contributed by atoms with Crippen molar-refractivity contribution in [1.82, 2.24) is 15.0 Å². The SMILES string of the molecule is CS(=O)(=O)c1nc2c3c(nc(Cl)c(F)c3n1)OC[C@@H]1CC[C@H](C#N)CN21. The van der Waals surface area contributed by atoms with Crippen LogP contribution in [0.15, 0.2) is 5.16 Å². The Bertz CT molecular complexity index is 1070. The Morgan fingerprint density at radius 3 is 2.81 bits per heavy atom. The van der Waals surface area contributed by atoms with Gasteiger partial charge in [-0.25, -0.2) is 22.8 Å². The molecule has 0 spiro atoms. The summed E-state index contributed by atoms with van der Waals surface area (Å²) in [6.07, 6.45) is 2.29. The highest BCUT2D eigenvalue weighted by molar-refractivity contribution is 7.90. The van der Waals surface area contributed by atoms with Crippen LogP contribution in [0.4, 0.5) is 10.2 Å². The van der Waals surface area contributed by atoms with E-state index in [1.807, 2.05) is 0 Å². The third-order valence-corrected chi connectivity index (χ3v) is 5.67. The second kappa shape index (κ2) is 5.89. The normalized spacial score (nSPS) is 22.3. The number of nitrogens with zero attached hydrogens (tertiary/aromatic N) is 5. The van der Waals surface area contributed by atoms with Crippen LogP contribution in [-0.4, -0.2) is 48.8 Å². The first-order valence-corrected chi connectivity index (χ1v) is 10.1. The number of nitriles is 1. The highest BCUT2D eigenvalue weighted by Crippen LogP contribution is 2.40. The van der Waals surface area contributed by atoms with Crippen LogP contribution in [0.3, 0.4) is 0 Å². The number of piperidine rings is 1. The summed E-state index contributed by atoms with van der Waals surface area (Å²) in [5.41, 5.74) is -0.259. The largest absolute Gasteiger partial charge is 0.475 e. The highest BCUT2D eigenvalue weighted by Gasteiger charge is 2.36. The van der Waals surface area contributed by atoms with Gasteiger partial charge in [0.25, 0.3) is 0 Å². The van der Waals surface area contributed by atoms with E-state index in [0.717, 1.165) is 6.26 Å². The maximum absolute atomic E-state index is 14.6. The van der Waals surface area contributed by atoms with Crippen LogP contribution in [0.5, 0.6) is 5.88 Å². The standard InChI is InChI=1S/C15H13ClFN5O3S/c1-26(23,24)15-19-11-9-13(21-15)22-5-7(4-18)2-3-8(22)6-25-14(9)20-12(16)10(11)17/h7-8H,2-3,5-6H2,1H3/t7-,8+/m1/s1. The number of rotatable bonds is 1. The molecule has 0 aromatic carbocycles. The van der Waals surface area contributed by atoms with Crippen LogP contribution in [0, 0.1) is 23.1 Å². The minimum Gasteiger partial charge on any atom is -0.475 e. The van der Waals surface area contributed by atoms with Gasteiger partial charge in [-0.15, -0.1) is 0 Å².